The van der Waals surface area contributed by atoms with Crippen molar-refractivity contribution in [1.29, 1.82) is 0 Å². The van der Waals surface area contributed by atoms with Gasteiger partial charge in [0.1, 0.15) is 6.54 Å². The van der Waals surface area contributed by atoms with E-state index in [1.807, 2.05) is 13.2 Å². The van der Waals surface area contributed by atoms with Crippen molar-refractivity contribution >= 4 is 17.6 Å². The third-order valence-electron chi connectivity index (χ3n) is 6.56. The van der Waals surface area contributed by atoms with Gasteiger partial charge in [-0.25, -0.2) is 0 Å². The van der Waals surface area contributed by atoms with Gasteiger partial charge in [-0.2, -0.15) is 5.10 Å². The Morgan fingerprint density at radius 2 is 2.03 bits per heavy atom. The fourth-order valence-corrected chi connectivity index (χ4v) is 4.77. The molecule has 32 heavy (non-hydrogen) atoms. The molecule has 1 N–H and O–H groups in total. The Morgan fingerprint density at radius 1 is 1.25 bits per heavy atom. The molecule has 4 rings (SSSR count). The van der Waals surface area contributed by atoms with E-state index in [1.54, 1.807) is 15.8 Å². The van der Waals surface area contributed by atoms with Crippen LogP contribution in [0.2, 0.25) is 0 Å². The minimum Gasteiger partial charge on any atom is -0.381 e. The zero-order chi connectivity index (χ0) is 22.6. The standard InChI is InChI=1S/C24H34N6O2/c1-4-25-23(29-11-12-30(22(31)17-29)20-15-27-28(3)16-20)26-18-24(9-13-32-14-10-24)21-8-6-5-7-19(21)2/h5-8,15-16H,4,9-14,17-18H2,1-3H3,(H,25,26). The van der Waals surface area contributed by atoms with Crippen LogP contribution in [0.4, 0.5) is 5.69 Å². The molecule has 0 saturated carbocycles. The number of rotatable bonds is 5. The number of aliphatic imine (C=N–C) groups is 1. The fourth-order valence-electron chi connectivity index (χ4n) is 4.77. The maximum absolute atomic E-state index is 12.9. The van der Waals surface area contributed by atoms with Gasteiger partial charge in [0.25, 0.3) is 0 Å². The summed E-state index contributed by atoms with van der Waals surface area (Å²) in [6.07, 6.45) is 5.52. The van der Waals surface area contributed by atoms with E-state index in [1.165, 1.54) is 11.1 Å². The number of aryl methyl sites for hydroxylation is 2. The number of piperazine rings is 1. The number of hydrogen-bond donors (Lipinski definition) is 1. The largest absolute Gasteiger partial charge is 0.381 e. The lowest BCUT2D eigenvalue weighted by Crippen LogP contribution is -2.55. The Labute approximate surface area is 190 Å². The molecule has 2 aliphatic heterocycles. The van der Waals surface area contributed by atoms with Gasteiger partial charge in [-0.1, -0.05) is 24.3 Å². The van der Waals surface area contributed by atoms with Crippen molar-refractivity contribution in [3.05, 3.63) is 47.8 Å². The molecule has 8 nitrogen and oxygen atoms in total. The van der Waals surface area contributed by atoms with Gasteiger partial charge in [-0.3, -0.25) is 14.5 Å². The van der Waals surface area contributed by atoms with Crippen molar-refractivity contribution in [2.24, 2.45) is 12.0 Å². The number of nitrogens with zero attached hydrogens (tertiary/aromatic N) is 5. The Morgan fingerprint density at radius 3 is 2.69 bits per heavy atom. The average molecular weight is 439 g/mol. The van der Waals surface area contributed by atoms with Crippen LogP contribution in [0.15, 0.2) is 41.7 Å². The quantitative estimate of drug-likeness (QED) is 0.572. The smallest absolute Gasteiger partial charge is 0.246 e. The second-order valence-electron chi connectivity index (χ2n) is 8.72. The Bertz CT molecular complexity index is 963. The number of aromatic nitrogens is 2. The molecule has 2 saturated heterocycles. The van der Waals surface area contributed by atoms with Gasteiger partial charge in [0, 0.05) is 51.5 Å². The summed E-state index contributed by atoms with van der Waals surface area (Å²) in [5.41, 5.74) is 3.47. The molecule has 2 aliphatic rings. The van der Waals surface area contributed by atoms with E-state index in [4.69, 9.17) is 9.73 Å². The molecule has 8 heteroatoms. The monoisotopic (exact) mass is 438 g/mol. The predicted octanol–water partition coefficient (Wildman–Crippen LogP) is 2.09. The molecule has 172 valence electrons. The lowest BCUT2D eigenvalue weighted by atomic mass is 9.72. The molecule has 2 aromatic rings. The molecule has 3 heterocycles. The molecule has 1 amide bonds. The first kappa shape index (κ1) is 22.3. The molecule has 2 fully saturated rings. The highest BCUT2D eigenvalue weighted by atomic mass is 16.5. The van der Waals surface area contributed by atoms with Crippen molar-refractivity contribution in [3.63, 3.8) is 0 Å². The Hall–Kier alpha value is -2.87. The van der Waals surface area contributed by atoms with Crippen molar-refractivity contribution in [2.45, 2.75) is 32.1 Å². The van der Waals surface area contributed by atoms with Gasteiger partial charge < -0.3 is 19.9 Å². The van der Waals surface area contributed by atoms with E-state index >= 15 is 0 Å². The van der Waals surface area contributed by atoms with Gasteiger partial charge in [-0.15, -0.1) is 0 Å². The summed E-state index contributed by atoms with van der Waals surface area (Å²) in [6, 6.07) is 8.62. The number of nitrogens with one attached hydrogen (secondary N) is 1. The molecule has 0 spiro atoms. The van der Waals surface area contributed by atoms with Crippen molar-refractivity contribution in [3.8, 4) is 0 Å². The number of carbonyl (C=O) groups is 1. The van der Waals surface area contributed by atoms with E-state index < -0.39 is 0 Å². The zero-order valence-electron chi connectivity index (χ0n) is 19.4. The predicted molar refractivity (Wildman–Crippen MR) is 126 cm³/mol. The highest BCUT2D eigenvalue weighted by Crippen LogP contribution is 2.37. The number of hydrogen-bond acceptors (Lipinski definition) is 4. The van der Waals surface area contributed by atoms with Crippen LogP contribution in [-0.2, 0) is 22.0 Å². The molecular formula is C24H34N6O2. The lowest BCUT2D eigenvalue weighted by molar-refractivity contribution is -0.120. The third kappa shape index (κ3) is 4.65. The molecule has 0 unspecified atom stereocenters. The summed E-state index contributed by atoms with van der Waals surface area (Å²) in [7, 11) is 1.86. The fraction of sp³-hybridized carbons (Fsp3) is 0.542. The maximum atomic E-state index is 12.9. The zero-order valence-corrected chi connectivity index (χ0v) is 19.4. The maximum Gasteiger partial charge on any atom is 0.246 e. The summed E-state index contributed by atoms with van der Waals surface area (Å²) in [5.74, 6) is 0.876. The summed E-state index contributed by atoms with van der Waals surface area (Å²) in [5, 5.41) is 7.61. The van der Waals surface area contributed by atoms with Crippen LogP contribution in [0.1, 0.15) is 30.9 Å². The normalized spacial score (nSPS) is 19.3. The van der Waals surface area contributed by atoms with Gasteiger partial charge in [0.05, 0.1) is 18.4 Å². The average Bonchev–Trinajstić information content (AvgIpc) is 3.23. The topological polar surface area (TPSA) is 75.0 Å². The minimum atomic E-state index is -0.0359. The van der Waals surface area contributed by atoms with Gasteiger partial charge in [0.2, 0.25) is 5.91 Å². The van der Waals surface area contributed by atoms with Crippen LogP contribution in [0.3, 0.4) is 0 Å². The van der Waals surface area contributed by atoms with E-state index in [2.05, 4.69) is 53.4 Å². The number of guanidine groups is 1. The third-order valence-corrected chi connectivity index (χ3v) is 6.56. The van der Waals surface area contributed by atoms with Gasteiger partial charge in [0.15, 0.2) is 5.96 Å². The van der Waals surface area contributed by atoms with Crippen molar-refractivity contribution in [1.82, 2.24) is 20.0 Å². The number of benzene rings is 1. The number of anilines is 1. The molecule has 0 aliphatic carbocycles. The lowest BCUT2D eigenvalue weighted by Gasteiger charge is -2.39. The summed E-state index contributed by atoms with van der Waals surface area (Å²) >= 11 is 0. The van der Waals surface area contributed by atoms with Crippen molar-refractivity contribution < 1.29 is 9.53 Å². The first-order valence-corrected chi connectivity index (χ1v) is 11.5. The minimum absolute atomic E-state index is 0.0359. The molecule has 0 bridgehead atoms. The molecule has 0 radical (unpaired) electrons. The molecule has 0 atom stereocenters. The first-order valence-electron chi connectivity index (χ1n) is 11.5. The van der Waals surface area contributed by atoms with Crippen LogP contribution >= 0.6 is 0 Å². The van der Waals surface area contributed by atoms with Gasteiger partial charge >= 0.3 is 0 Å². The SMILES string of the molecule is CCNC(=NCC1(c2ccccc2C)CCOCC1)N1CCN(c2cnn(C)c2)C(=O)C1. The van der Waals surface area contributed by atoms with E-state index in [9.17, 15) is 4.79 Å². The van der Waals surface area contributed by atoms with Crippen LogP contribution in [0.25, 0.3) is 0 Å². The Balaban J connectivity index is 1.53. The van der Waals surface area contributed by atoms with E-state index in [0.29, 0.717) is 19.6 Å². The van der Waals surface area contributed by atoms with Crippen molar-refractivity contribution in [2.75, 3.05) is 50.8 Å². The second-order valence-corrected chi connectivity index (χ2v) is 8.72. The summed E-state index contributed by atoms with van der Waals surface area (Å²) in [4.78, 5) is 21.9. The van der Waals surface area contributed by atoms with E-state index in [0.717, 1.165) is 50.8 Å². The molecule has 1 aromatic carbocycles. The number of carbonyl (C=O) groups excluding carboxylic acids is 1. The van der Waals surface area contributed by atoms with Crippen LogP contribution in [-0.4, -0.2) is 72.5 Å². The highest BCUT2D eigenvalue weighted by molar-refractivity contribution is 5.98. The molecular weight excluding hydrogens is 404 g/mol. The Kier molecular flexibility index (Phi) is 6.79. The van der Waals surface area contributed by atoms with Crippen LogP contribution in [0.5, 0.6) is 0 Å². The first-order chi connectivity index (χ1) is 15.5. The number of amides is 1. The summed E-state index contributed by atoms with van der Waals surface area (Å²) < 4.78 is 7.42. The van der Waals surface area contributed by atoms with Crippen LogP contribution in [0, 0.1) is 6.92 Å². The van der Waals surface area contributed by atoms with E-state index in [-0.39, 0.29) is 11.3 Å². The molecule has 1 aromatic heterocycles. The number of ether oxygens (including phenoxy) is 1. The van der Waals surface area contributed by atoms with Crippen LogP contribution < -0.4 is 10.2 Å². The highest BCUT2D eigenvalue weighted by Gasteiger charge is 2.36. The van der Waals surface area contributed by atoms with Gasteiger partial charge in [-0.05, 0) is 37.8 Å². The second kappa shape index (κ2) is 9.73. The summed E-state index contributed by atoms with van der Waals surface area (Å²) in [6.45, 7) is 8.84.